The fourth-order valence-electron chi connectivity index (χ4n) is 2.04. The van der Waals surface area contributed by atoms with E-state index in [0.717, 1.165) is 3.57 Å². The van der Waals surface area contributed by atoms with Gasteiger partial charge in [0.1, 0.15) is 0 Å². The van der Waals surface area contributed by atoms with E-state index in [9.17, 15) is 16.8 Å². The zero-order valence-electron chi connectivity index (χ0n) is 13.5. The molecule has 0 saturated carbocycles. The molecule has 2 rings (SSSR count). The number of benzene rings is 2. The summed E-state index contributed by atoms with van der Waals surface area (Å²) in [6.45, 7) is 0. The maximum atomic E-state index is 12.5. The van der Waals surface area contributed by atoms with Crippen LogP contribution >= 0.6 is 41.3 Å². The van der Waals surface area contributed by atoms with Crippen molar-refractivity contribution in [2.45, 2.75) is 6.42 Å². The number of sulfonamides is 1. The van der Waals surface area contributed by atoms with Crippen molar-refractivity contribution in [3.8, 4) is 0 Å². The van der Waals surface area contributed by atoms with Crippen molar-refractivity contribution in [2.24, 2.45) is 0 Å². The Morgan fingerprint density at radius 3 is 1.96 bits per heavy atom. The topological polar surface area (TPSA) is 71.5 Å². The Balaban J connectivity index is 1.99. The van der Waals surface area contributed by atoms with Crippen LogP contribution in [-0.2, 0) is 17.0 Å². The second-order valence-corrected chi connectivity index (χ2v) is 21.0. The van der Waals surface area contributed by atoms with Gasteiger partial charge in [0.2, 0.25) is 0 Å². The molecule has 0 bridgehead atoms. The van der Waals surface area contributed by atoms with E-state index in [0.29, 0.717) is 5.69 Å². The first kappa shape index (κ1) is 20.9. The third kappa shape index (κ3) is 5.79. The Bertz CT molecular complexity index is 813. The Morgan fingerprint density at radius 1 is 0.880 bits per heavy atom. The molecule has 0 N–H and O–H groups in total. The van der Waals surface area contributed by atoms with Crippen molar-refractivity contribution in [2.75, 3.05) is 19.0 Å². The van der Waals surface area contributed by atoms with Crippen molar-refractivity contribution < 1.29 is 16.8 Å². The molecule has 9 heteroatoms. The molecule has 0 aromatic heterocycles. The Hall–Kier alpha value is -0.400. The predicted octanol–water partition coefficient (Wildman–Crippen LogP) is 3.90. The molecular formula is C16H19I2NO4S2. The quantitative estimate of drug-likeness (QED) is 0.198. The summed E-state index contributed by atoms with van der Waals surface area (Å²) in [7, 11) is -6.81. The number of nitrogens with zero attached hydrogens (tertiary/aromatic N) is 1. The minimum absolute atomic E-state index is 0.0955. The molecule has 2 aromatic carbocycles. The van der Waals surface area contributed by atoms with Gasteiger partial charge in [0, 0.05) is 0 Å². The molecule has 138 valence electrons. The summed E-state index contributed by atoms with van der Waals surface area (Å²) in [4.78, 5) is 1.79. The fraction of sp³-hybridized carbons (Fsp3) is 0.250. The zero-order valence-corrected chi connectivity index (χ0v) is 19.5. The predicted molar refractivity (Wildman–Crippen MR) is 120 cm³/mol. The van der Waals surface area contributed by atoms with Gasteiger partial charge < -0.3 is 0 Å². The molecule has 0 saturated heterocycles. The summed E-state index contributed by atoms with van der Waals surface area (Å²) in [6, 6.07) is 17.9. The summed E-state index contributed by atoms with van der Waals surface area (Å²) in [6.07, 6.45) is 0.103. The molecule has 0 atom stereocenters. The third-order valence-corrected chi connectivity index (χ3v) is 19.8. The summed E-state index contributed by atoms with van der Waals surface area (Å²) in [5.74, 6) is -0.287. The Morgan fingerprint density at radius 2 is 1.40 bits per heavy atom. The second kappa shape index (κ2) is 9.00. The number of hydrogen-bond donors (Lipinski definition) is 0. The van der Waals surface area contributed by atoms with Gasteiger partial charge in [0.15, 0.2) is 0 Å². The van der Waals surface area contributed by atoms with Crippen LogP contribution in [-0.4, -0.2) is 33.3 Å². The number of anilines is 1. The molecule has 0 aliphatic heterocycles. The van der Waals surface area contributed by atoms with Crippen molar-refractivity contribution in [1.82, 2.24) is 0 Å². The van der Waals surface area contributed by atoms with Crippen molar-refractivity contribution in [3.63, 3.8) is 0 Å². The van der Waals surface area contributed by atoms with Gasteiger partial charge in [-0.15, -0.1) is 0 Å². The van der Waals surface area contributed by atoms with E-state index in [2.05, 4.69) is 0 Å². The van der Waals surface area contributed by atoms with E-state index >= 15 is 0 Å². The van der Waals surface area contributed by atoms with Crippen molar-refractivity contribution in [1.29, 1.82) is 0 Å². The Kier molecular flexibility index (Phi) is 7.52. The molecule has 25 heavy (non-hydrogen) atoms. The van der Waals surface area contributed by atoms with Crippen LogP contribution in [0.25, 0.3) is 0 Å². The van der Waals surface area contributed by atoms with E-state index in [1.54, 1.807) is 52.1 Å². The normalized spacial score (nSPS) is 12.6. The van der Waals surface area contributed by atoms with Crippen LogP contribution in [0.2, 0.25) is 0 Å². The summed E-state index contributed by atoms with van der Waals surface area (Å²) >= 11 is -0.633. The molecule has 2 aromatic rings. The number of para-hydroxylation sites is 1. The maximum absolute atomic E-state index is 12.5. The van der Waals surface area contributed by atoms with E-state index in [4.69, 9.17) is 0 Å². The van der Waals surface area contributed by atoms with E-state index in [1.807, 2.05) is 36.4 Å². The summed E-state index contributed by atoms with van der Waals surface area (Å²) < 4.78 is 51.9. The van der Waals surface area contributed by atoms with Gasteiger partial charge in [0.25, 0.3) is 0 Å². The van der Waals surface area contributed by atoms with Crippen LogP contribution in [0.1, 0.15) is 6.42 Å². The van der Waals surface area contributed by atoms with Crippen molar-refractivity contribution in [3.05, 3.63) is 64.2 Å². The van der Waals surface area contributed by atoms with Crippen LogP contribution in [0.4, 0.5) is 5.69 Å². The standard InChI is InChI=1S/C16H19I2NO4S2/c1-18(15-9-4-2-5-10-15)24(20,21)13-8-14-25(22,23)19(17)16-11-6-3-7-12-16/h2-7,9-12H,8,13-14H2,1H3. The molecule has 0 radical (unpaired) electrons. The molecule has 5 nitrogen and oxygen atoms in total. The SMILES string of the molecule is CI(c1ccccc1)S(=O)(=O)CCCS(=O)(=O)N(I)c1ccccc1. The first-order valence-corrected chi connectivity index (χ1v) is 17.4. The number of rotatable bonds is 8. The first-order valence-electron chi connectivity index (χ1n) is 7.36. The zero-order chi connectivity index (χ0) is 18.5. The molecule has 0 unspecified atom stereocenters. The van der Waals surface area contributed by atoms with Crippen LogP contribution in [0.3, 0.4) is 0 Å². The minimum atomic E-state index is -3.55. The first-order chi connectivity index (χ1) is 11.7. The Labute approximate surface area is 169 Å². The molecular weight excluding hydrogens is 588 g/mol. The molecule has 0 aliphatic rings. The van der Waals surface area contributed by atoms with Gasteiger partial charge in [-0.1, -0.05) is 0 Å². The number of alkyl halides is 1. The molecule has 0 amide bonds. The molecule has 0 heterocycles. The molecule has 0 aliphatic carbocycles. The van der Waals surface area contributed by atoms with Crippen LogP contribution in [0, 0.1) is 3.57 Å². The monoisotopic (exact) mass is 607 g/mol. The van der Waals surface area contributed by atoms with Crippen LogP contribution < -0.4 is 2.52 Å². The van der Waals surface area contributed by atoms with E-state index < -0.39 is 35.5 Å². The van der Waals surface area contributed by atoms with Gasteiger partial charge in [-0.25, -0.2) is 0 Å². The number of halogens is 2. The van der Waals surface area contributed by atoms with Gasteiger partial charge in [-0.05, 0) is 0 Å². The van der Waals surface area contributed by atoms with Gasteiger partial charge >= 0.3 is 170 Å². The summed E-state index contributed by atoms with van der Waals surface area (Å²) in [5.41, 5.74) is 0.555. The van der Waals surface area contributed by atoms with Crippen LogP contribution in [0.15, 0.2) is 60.7 Å². The van der Waals surface area contributed by atoms with E-state index in [-0.39, 0.29) is 17.9 Å². The number of hydrogen-bond acceptors (Lipinski definition) is 4. The van der Waals surface area contributed by atoms with Crippen molar-refractivity contribution >= 4 is 64.0 Å². The molecule has 0 fully saturated rings. The van der Waals surface area contributed by atoms with Gasteiger partial charge in [-0.2, -0.15) is 0 Å². The fourth-order valence-corrected chi connectivity index (χ4v) is 12.6. The third-order valence-electron chi connectivity index (χ3n) is 3.39. The second-order valence-electron chi connectivity index (χ2n) is 5.18. The van der Waals surface area contributed by atoms with Gasteiger partial charge in [-0.3, -0.25) is 0 Å². The average Bonchev–Trinajstić information content (AvgIpc) is 2.61. The van der Waals surface area contributed by atoms with Crippen LogP contribution in [0.5, 0.6) is 0 Å². The molecule has 0 spiro atoms. The average molecular weight is 607 g/mol. The van der Waals surface area contributed by atoms with E-state index in [1.165, 1.54) is 2.52 Å². The van der Waals surface area contributed by atoms with Gasteiger partial charge in [0.05, 0.1) is 0 Å². The summed E-state index contributed by atoms with van der Waals surface area (Å²) in [5, 5.41) is 0.